The minimum absolute atomic E-state index is 0.0897. The lowest BCUT2D eigenvalue weighted by Crippen LogP contribution is -2.34. The number of carbonyl (C=O) groups excluding carboxylic acids is 1. The summed E-state index contributed by atoms with van der Waals surface area (Å²) in [5.41, 5.74) is 0.908. The molecule has 10 heteroatoms. The summed E-state index contributed by atoms with van der Waals surface area (Å²) in [5.74, 6) is 0.00932. The van der Waals surface area contributed by atoms with Gasteiger partial charge in [0.2, 0.25) is 10.0 Å². The average Bonchev–Trinajstić information content (AvgIpc) is 3.30. The van der Waals surface area contributed by atoms with Crippen LogP contribution >= 0.6 is 12.2 Å². The van der Waals surface area contributed by atoms with Gasteiger partial charge in [0, 0.05) is 25.9 Å². The zero-order chi connectivity index (χ0) is 22.3. The summed E-state index contributed by atoms with van der Waals surface area (Å²) in [6.45, 7) is 1.82. The molecule has 1 aliphatic rings. The van der Waals surface area contributed by atoms with Crippen LogP contribution in [0.3, 0.4) is 0 Å². The van der Waals surface area contributed by atoms with E-state index in [9.17, 15) is 13.2 Å². The molecule has 0 saturated carbocycles. The molecular weight excluding hydrogens is 438 g/mol. The number of carbonyl (C=O) groups is 1. The molecule has 0 spiro atoms. The highest BCUT2D eigenvalue weighted by Gasteiger charge is 2.26. The van der Waals surface area contributed by atoms with E-state index in [0.29, 0.717) is 43.3 Å². The van der Waals surface area contributed by atoms with E-state index in [4.69, 9.17) is 21.7 Å². The zero-order valence-electron chi connectivity index (χ0n) is 17.2. The Labute approximate surface area is 187 Å². The van der Waals surface area contributed by atoms with Crippen molar-refractivity contribution in [1.29, 1.82) is 0 Å². The maximum atomic E-state index is 12.6. The monoisotopic (exact) mass is 463 g/mol. The second-order valence-corrected chi connectivity index (χ2v) is 9.23. The number of benzene rings is 2. The van der Waals surface area contributed by atoms with Gasteiger partial charge in [0.05, 0.1) is 17.1 Å². The molecule has 3 rings (SSSR count). The van der Waals surface area contributed by atoms with Crippen LogP contribution in [-0.2, 0) is 14.8 Å². The predicted molar refractivity (Wildman–Crippen MR) is 122 cm³/mol. The number of ether oxygens (including phenoxy) is 2. The predicted octanol–water partition coefficient (Wildman–Crippen LogP) is 2.62. The van der Waals surface area contributed by atoms with E-state index in [2.05, 4.69) is 10.6 Å². The van der Waals surface area contributed by atoms with Gasteiger partial charge >= 0.3 is 0 Å². The van der Waals surface area contributed by atoms with E-state index in [1.807, 2.05) is 0 Å². The minimum Gasteiger partial charge on any atom is -0.490 e. The topological polar surface area (TPSA) is 97.0 Å². The van der Waals surface area contributed by atoms with E-state index >= 15 is 0 Å². The summed E-state index contributed by atoms with van der Waals surface area (Å²) in [4.78, 5) is 12.8. The zero-order valence-corrected chi connectivity index (χ0v) is 18.8. The molecule has 2 N–H and O–H groups in total. The Hall–Kier alpha value is -2.53. The van der Waals surface area contributed by atoms with E-state index in [-0.39, 0.29) is 10.0 Å². The van der Waals surface area contributed by atoms with Crippen molar-refractivity contribution in [3.05, 3.63) is 54.1 Å². The molecule has 0 atom stereocenters. The molecule has 1 amide bonds. The number of anilines is 1. The molecule has 0 bridgehead atoms. The average molecular weight is 464 g/mol. The third kappa shape index (κ3) is 6.01. The Morgan fingerprint density at radius 2 is 1.74 bits per heavy atom. The van der Waals surface area contributed by atoms with Gasteiger partial charge in [-0.3, -0.25) is 10.1 Å². The summed E-state index contributed by atoms with van der Waals surface area (Å²) in [7, 11) is -1.90. The molecule has 31 heavy (non-hydrogen) atoms. The van der Waals surface area contributed by atoms with Crippen molar-refractivity contribution in [2.75, 3.05) is 38.7 Å². The van der Waals surface area contributed by atoms with Crippen molar-refractivity contribution < 1.29 is 22.7 Å². The largest absolute Gasteiger partial charge is 0.490 e. The van der Waals surface area contributed by atoms with Crippen molar-refractivity contribution in [3.63, 3.8) is 0 Å². The summed E-state index contributed by atoms with van der Waals surface area (Å²) in [6.07, 6.45) is 1.76. The molecule has 1 aliphatic heterocycles. The third-order valence-electron chi connectivity index (χ3n) is 4.72. The van der Waals surface area contributed by atoms with Crippen LogP contribution in [0.1, 0.15) is 23.2 Å². The van der Waals surface area contributed by atoms with Gasteiger partial charge in [-0.25, -0.2) is 8.42 Å². The molecule has 8 nitrogen and oxygen atoms in total. The number of nitrogens with zero attached hydrogens (tertiary/aromatic N) is 1. The van der Waals surface area contributed by atoms with Crippen LogP contribution in [0.25, 0.3) is 0 Å². The maximum Gasteiger partial charge on any atom is 0.261 e. The standard InChI is InChI=1S/C21H25N3O5S2/c1-28-14-15-29-19-7-3-2-6-18(19)20(25)23-21(30)22-16-8-10-17(11-9-16)31(26,27)24-12-4-5-13-24/h2-3,6-11H,4-5,12-15H2,1H3,(H2,22,23,25,30). The van der Waals surface area contributed by atoms with Crippen LogP contribution in [0.15, 0.2) is 53.4 Å². The maximum absolute atomic E-state index is 12.6. The quantitative estimate of drug-likeness (QED) is 0.459. The number of thiocarbonyl (C=S) groups is 1. The van der Waals surface area contributed by atoms with Crippen molar-refractivity contribution in [3.8, 4) is 5.75 Å². The Morgan fingerprint density at radius 3 is 2.42 bits per heavy atom. The first kappa shape index (κ1) is 23.1. The molecule has 2 aromatic carbocycles. The number of para-hydroxylation sites is 1. The van der Waals surface area contributed by atoms with Crippen LogP contribution in [0.2, 0.25) is 0 Å². The molecule has 0 unspecified atom stereocenters. The van der Waals surface area contributed by atoms with Crippen molar-refractivity contribution in [2.45, 2.75) is 17.7 Å². The van der Waals surface area contributed by atoms with E-state index in [1.54, 1.807) is 43.5 Å². The normalized spacial score (nSPS) is 14.2. The highest BCUT2D eigenvalue weighted by molar-refractivity contribution is 7.89. The molecule has 166 valence electrons. The fourth-order valence-electron chi connectivity index (χ4n) is 3.14. The van der Waals surface area contributed by atoms with E-state index in [0.717, 1.165) is 12.8 Å². The first-order valence-electron chi connectivity index (χ1n) is 9.85. The van der Waals surface area contributed by atoms with Gasteiger partial charge in [-0.1, -0.05) is 12.1 Å². The summed E-state index contributed by atoms with van der Waals surface area (Å²) < 4.78 is 37.2. The van der Waals surface area contributed by atoms with Crippen LogP contribution < -0.4 is 15.4 Å². The SMILES string of the molecule is COCCOc1ccccc1C(=O)NC(=S)Nc1ccc(S(=O)(=O)N2CCCC2)cc1. The highest BCUT2D eigenvalue weighted by Crippen LogP contribution is 2.22. The Bertz CT molecular complexity index is 1020. The highest BCUT2D eigenvalue weighted by atomic mass is 32.2. The number of rotatable bonds is 8. The molecular formula is C21H25N3O5S2. The number of nitrogens with one attached hydrogen (secondary N) is 2. The second kappa shape index (κ2) is 10.7. The van der Waals surface area contributed by atoms with Gasteiger partial charge < -0.3 is 14.8 Å². The second-order valence-electron chi connectivity index (χ2n) is 6.88. The van der Waals surface area contributed by atoms with Gasteiger partial charge in [-0.2, -0.15) is 4.31 Å². The molecule has 0 radical (unpaired) electrons. The van der Waals surface area contributed by atoms with Crippen LogP contribution in [0.5, 0.6) is 5.75 Å². The van der Waals surface area contributed by atoms with Gasteiger partial charge in [0.15, 0.2) is 5.11 Å². The van der Waals surface area contributed by atoms with Gasteiger partial charge in [0.1, 0.15) is 12.4 Å². The lowest BCUT2D eigenvalue weighted by molar-refractivity contribution is 0.0970. The third-order valence-corrected chi connectivity index (χ3v) is 6.84. The lowest BCUT2D eigenvalue weighted by Gasteiger charge is -2.16. The summed E-state index contributed by atoms with van der Waals surface area (Å²) >= 11 is 5.23. The van der Waals surface area contributed by atoms with Crippen LogP contribution in [0.4, 0.5) is 5.69 Å². The van der Waals surface area contributed by atoms with Crippen LogP contribution in [-0.4, -0.2) is 57.2 Å². The smallest absolute Gasteiger partial charge is 0.261 e. The number of sulfonamides is 1. The lowest BCUT2D eigenvalue weighted by atomic mass is 10.2. The van der Waals surface area contributed by atoms with Gasteiger partial charge in [0.25, 0.3) is 5.91 Å². The number of methoxy groups -OCH3 is 1. The summed E-state index contributed by atoms with van der Waals surface area (Å²) in [6, 6.07) is 13.1. The molecule has 0 aliphatic carbocycles. The molecule has 1 heterocycles. The Morgan fingerprint density at radius 1 is 1.06 bits per heavy atom. The summed E-state index contributed by atoms with van der Waals surface area (Å²) in [5, 5.41) is 5.59. The first-order valence-corrected chi connectivity index (χ1v) is 11.7. The number of hydrogen-bond acceptors (Lipinski definition) is 6. The Balaban J connectivity index is 1.60. The van der Waals surface area contributed by atoms with Crippen molar-refractivity contribution in [2.24, 2.45) is 0 Å². The van der Waals surface area contributed by atoms with Crippen molar-refractivity contribution >= 4 is 38.9 Å². The van der Waals surface area contributed by atoms with Gasteiger partial charge in [-0.15, -0.1) is 0 Å². The van der Waals surface area contributed by atoms with Crippen molar-refractivity contribution in [1.82, 2.24) is 9.62 Å². The molecule has 2 aromatic rings. The minimum atomic E-state index is -3.47. The molecule has 0 aromatic heterocycles. The van der Waals surface area contributed by atoms with Crippen LogP contribution in [0, 0.1) is 0 Å². The van der Waals surface area contributed by atoms with E-state index < -0.39 is 15.9 Å². The fourth-order valence-corrected chi connectivity index (χ4v) is 4.86. The fraction of sp³-hybridized carbons (Fsp3) is 0.333. The first-order chi connectivity index (χ1) is 14.9. The van der Waals surface area contributed by atoms with Gasteiger partial charge in [-0.05, 0) is 61.5 Å². The molecule has 1 fully saturated rings. The Kier molecular flexibility index (Phi) is 7.97. The number of hydrogen-bond donors (Lipinski definition) is 2. The number of amides is 1. The molecule has 1 saturated heterocycles. The van der Waals surface area contributed by atoms with E-state index in [1.165, 1.54) is 16.4 Å².